The molecule has 0 aliphatic heterocycles. The van der Waals surface area contributed by atoms with Gasteiger partial charge < -0.3 is 10.8 Å². The van der Waals surface area contributed by atoms with Gasteiger partial charge in [0.25, 0.3) is 0 Å². The maximum Gasteiger partial charge on any atom is 0.0870 e. The van der Waals surface area contributed by atoms with E-state index >= 15 is 0 Å². The lowest BCUT2D eigenvalue weighted by molar-refractivity contribution is 0.217. The topological polar surface area (TPSA) is 49.5 Å². The zero-order valence-electron chi connectivity index (χ0n) is 10.0. The van der Waals surface area contributed by atoms with Gasteiger partial charge in [0.05, 0.1) is 4.99 Å². The summed E-state index contributed by atoms with van der Waals surface area (Å²) >= 11 is 5.01. The Morgan fingerprint density at radius 3 is 2.50 bits per heavy atom. The summed E-state index contributed by atoms with van der Waals surface area (Å²) < 4.78 is 0. The molecule has 1 fully saturated rings. The minimum Gasteiger partial charge on any atom is -0.396 e. The minimum absolute atomic E-state index is 0.304. The molecule has 0 bridgehead atoms. The SMILES string of the molecule is NC(=S)CN(CCCCCO)C1CCCC1. The summed E-state index contributed by atoms with van der Waals surface area (Å²) in [6.45, 7) is 2.14. The molecular formula is C12H24N2OS. The smallest absolute Gasteiger partial charge is 0.0870 e. The van der Waals surface area contributed by atoms with Crippen LogP contribution in [0, 0.1) is 0 Å². The van der Waals surface area contributed by atoms with Crippen molar-refractivity contribution in [3.8, 4) is 0 Å². The molecule has 16 heavy (non-hydrogen) atoms. The third kappa shape index (κ3) is 5.23. The Kier molecular flexibility index (Phi) is 6.92. The van der Waals surface area contributed by atoms with Gasteiger partial charge in [-0.15, -0.1) is 0 Å². The van der Waals surface area contributed by atoms with Crippen LogP contribution in [0.2, 0.25) is 0 Å². The lowest BCUT2D eigenvalue weighted by atomic mass is 10.1. The normalized spacial score (nSPS) is 17.1. The Morgan fingerprint density at radius 1 is 1.25 bits per heavy atom. The molecule has 0 spiro atoms. The first-order valence-electron chi connectivity index (χ1n) is 6.37. The molecule has 0 saturated heterocycles. The maximum absolute atomic E-state index is 8.73. The van der Waals surface area contributed by atoms with Gasteiger partial charge in [-0.25, -0.2) is 0 Å². The van der Waals surface area contributed by atoms with Gasteiger partial charge in [-0.1, -0.05) is 25.1 Å². The summed E-state index contributed by atoms with van der Waals surface area (Å²) in [7, 11) is 0. The first-order valence-corrected chi connectivity index (χ1v) is 6.78. The van der Waals surface area contributed by atoms with Gasteiger partial charge in [0.15, 0.2) is 0 Å². The van der Waals surface area contributed by atoms with Gasteiger partial charge in [0.2, 0.25) is 0 Å². The van der Waals surface area contributed by atoms with Crippen molar-refractivity contribution in [2.24, 2.45) is 5.73 Å². The van der Waals surface area contributed by atoms with E-state index in [0.29, 0.717) is 17.6 Å². The predicted molar refractivity (Wildman–Crippen MR) is 71.6 cm³/mol. The van der Waals surface area contributed by atoms with E-state index in [0.717, 1.165) is 32.4 Å². The van der Waals surface area contributed by atoms with E-state index in [9.17, 15) is 0 Å². The molecule has 3 nitrogen and oxygen atoms in total. The Labute approximate surface area is 104 Å². The molecule has 0 amide bonds. The molecule has 0 unspecified atom stereocenters. The van der Waals surface area contributed by atoms with E-state index in [-0.39, 0.29) is 0 Å². The summed E-state index contributed by atoms with van der Waals surface area (Å²) in [6, 6.07) is 0.690. The van der Waals surface area contributed by atoms with Crippen LogP contribution < -0.4 is 5.73 Å². The summed E-state index contributed by atoms with van der Waals surface area (Å²) in [4.78, 5) is 3.04. The molecule has 1 saturated carbocycles. The second-order valence-corrected chi connectivity index (χ2v) is 5.18. The van der Waals surface area contributed by atoms with E-state index in [4.69, 9.17) is 23.1 Å². The highest BCUT2D eigenvalue weighted by Crippen LogP contribution is 2.23. The van der Waals surface area contributed by atoms with Gasteiger partial charge in [0, 0.05) is 19.2 Å². The van der Waals surface area contributed by atoms with E-state index in [1.165, 1.54) is 25.7 Å². The highest BCUT2D eigenvalue weighted by atomic mass is 32.1. The number of unbranched alkanes of at least 4 members (excludes halogenated alkanes) is 2. The quantitative estimate of drug-likeness (QED) is 0.504. The van der Waals surface area contributed by atoms with Gasteiger partial charge in [-0.05, 0) is 38.6 Å². The summed E-state index contributed by atoms with van der Waals surface area (Å²) in [6.07, 6.45) is 8.41. The van der Waals surface area contributed by atoms with Crippen LogP contribution in [0.4, 0.5) is 0 Å². The first kappa shape index (κ1) is 13.9. The fraction of sp³-hybridized carbons (Fsp3) is 0.917. The van der Waals surface area contributed by atoms with Gasteiger partial charge in [0.1, 0.15) is 0 Å². The fourth-order valence-electron chi connectivity index (χ4n) is 2.46. The standard InChI is InChI=1S/C12H24N2OS/c13-12(16)10-14(8-4-1-5-9-15)11-6-2-3-7-11/h11,15H,1-10H2,(H2,13,16). The Bertz CT molecular complexity index is 205. The third-order valence-corrected chi connectivity index (χ3v) is 3.43. The van der Waals surface area contributed by atoms with Crippen LogP contribution in [0.3, 0.4) is 0 Å². The van der Waals surface area contributed by atoms with E-state index in [2.05, 4.69) is 4.90 Å². The second-order valence-electron chi connectivity index (χ2n) is 4.66. The number of nitrogens with two attached hydrogens (primary N) is 1. The number of hydrogen-bond acceptors (Lipinski definition) is 3. The number of aliphatic hydroxyl groups is 1. The molecule has 1 aliphatic rings. The van der Waals surface area contributed by atoms with Crippen molar-refractivity contribution in [3.05, 3.63) is 0 Å². The van der Waals surface area contributed by atoms with Crippen LogP contribution in [0.5, 0.6) is 0 Å². The van der Waals surface area contributed by atoms with Gasteiger partial charge >= 0.3 is 0 Å². The van der Waals surface area contributed by atoms with Crippen LogP contribution in [0.25, 0.3) is 0 Å². The van der Waals surface area contributed by atoms with E-state index in [1.54, 1.807) is 0 Å². The molecule has 0 radical (unpaired) electrons. The molecule has 1 aliphatic carbocycles. The van der Waals surface area contributed by atoms with E-state index in [1.807, 2.05) is 0 Å². The average Bonchev–Trinajstić information content (AvgIpc) is 2.75. The van der Waals surface area contributed by atoms with Crippen LogP contribution >= 0.6 is 12.2 Å². The number of nitrogens with zero attached hydrogens (tertiary/aromatic N) is 1. The Morgan fingerprint density at radius 2 is 1.94 bits per heavy atom. The molecular weight excluding hydrogens is 220 g/mol. The molecule has 3 N–H and O–H groups in total. The number of hydrogen-bond donors (Lipinski definition) is 2. The van der Waals surface area contributed by atoms with Crippen LogP contribution in [-0.2, 0) is 0 Å². The number of aliphatic hydroxyl groups excluding tert-OH is 1. The molecule has 0 aromatic carbocycles. The molecule has 0 heterocycles. The minimum atomic E-state index is 0.304. The van der Waals surface area contributed by atoms with Crippen molar-refractivity contribution in [3.63, 3.8) is 0 Å². The van der Waals surface area contributed by atoms with Crippen LogP contribution in [-0.4, -0.2) is 40.7 Å². The summed E-state index contributed by atoms with van der Waals surface area (Å²) in [5.41, 5.74) is 5.64. The number of thiocarbonyl (C=S) groups is 1. The zero-order valence-corrected chi connectivity index (χ0v) is 10.8. The molecule has 0 aromatic heterocycles. The largest absolute Gasteiger partial charge is 0.396 e. The lowest BCUT2D eigenvalue weighted by Crippen LogP contribution is -2.40. The molecule has 0 atom stereocenters. The van der Waals surface area contributed by atoms with Crippen molar-refractivity contribution in [2.75, 3.05) is 19.7 Å². The zero-order chi connectivity index (χ0) is 11.8. The van der Waals surface area contributed by atoms with Crippen molar-refractivity contribution in [2.45, 2.75) is 51.0 Å². The Hall–Kier alpha value is -0.190. The highest BCUT2D eigenvalue weighted by molar-refractivity contribution is 7.80. The Balaban J connectivity index is 2.28. The highest BCUT2D eigenvalue weighted by Gasteiger charge is 2.22. The summed E-state index contributed by atoms with van der Waals surface area (Å²) in [5, 5.41) is 8.73. The summed E-state index contributed by atoms with van der Waals surface area (Å²) in [5.74, 6) is 0. The molecule has 4 heteroatoms. The van der Waals surface area contributed by atoms with E-state index < -0.39 is 0 Å². The molecule has 1 rings (SSSR count). The maximum atomic E-state index is 8.73. The molecule has 94 valence electrons. The van der Waals surface area contributed by atoms with Crippen molar-refractivity contribution in [1.82, 2.24) is 4.90 Å². The van der Waals surface area contributed by atoms with Crippen molar-refractivity contribution < 1.29 is 5.11 Å². The van der Waals surface area contributed by atoms with Crippen LogP contribution in [0.1, 0.15) is 44.9 Å². The monoisotopic (exact) mass is 244 g/mol. The second kappa shape index (κ2) is 7.98. The predicted octanol–water partition coefficient (Wildman–Crippen LogP) is 1.68. The third-order valence-electron chi connectivity index (χ3n) is 3.30. The molecule has 0 aromatic rings. The van der Waals surface area contributed by atoms with Crippen LogP contribution in [0.15, 0.2) is 0 Å². The van der Waals surface area contributed by atoms with Gasteiger partial charge in [-0.2, -0.15) is 0 Å². The average molecular weight is 244 g/mol. The van der Waals surface area contributed by atoms with Gasteiger partial charge in [-0.3, -0.25) is 4.90 Å². The first-order chi connectivity index (χ1) is 7.74. The number of rotatable bonds is 8. The van der Waals surface area contributed by atoms with Crippen molar-refractivity contribution >= 4 is 17.2 Å². The lowest BCUT2D eigenvalue weighted by Gasteiger charge is -2.28. The van der Waals surface area contributed by atoms with Crippen molar-refractivity contribution in [1.29, 1.82) is 0 Å². The fourth-order valence-corrected chi connectivity index (χ4v) is 2.63.